The summed E-state index contributed by atoms with van der Waals surface area (Å²) in [4.78, 5) is 26.4. The molecule has 1 aromatic carbocycles. The molecule has 0 fully saturated rings. The number of hydrogen-bond donors (Lipinski definition) is 1. The summed E-state index contributed by atoms with van der Waals surface area (Å²) < 4.78 is 0.582. The topological polar surface area (TPSA) is 49.4 Å². The maximum absolute atomic E-state index is 11.9. The number of hydrogen-bond acceptors (Lipinski definition) is 4. The lowest BCUT2D eigenvalue weighted by atomic mass is 10.1. The lowest BCUT2D eigenvalue weighted by Crippen LogP contribution is -2.23. The van der Waals surface area contributed by atoms with Crippen LogP contribution >= 0.6 is 22.9 Å². The lowest BCUT2D eigenvalue weighted by molar-refractivity contribution is -0.121. The van der Waals surface area contributed by atoms with Crippen molar-refractivity contribution in [3.05, 3.63) is 51.2 Å². The van der Waals surface area contributed by atoms with Gasteiger partial charge in [0.15, 0.2) is 5.78 Å². The van der Waals surface area contributed by atoms with E-state index >= 15 is 0 Å². The number of thiophene rings is 1. The van der Waals surface area contributed by atoms with Gasteiger partial charge in [-0.25, -0.2) is 0 Å². The number of rotatable bonds is 7. The largest absolute Gasteiger partial charge is 0.378 e. The molecule has 23 heavy (non-hydrogen) atoms. The minimum Gasteiger partial charge on any atom is -0.378 e. The van der Waals surface area contributed by atoms with Crippen LogP contribution in [0.2, 0.25) is 4.34 Å². The van der Waals surface area contributed by atoms with Crippen molar-refractivity contribution in [2.24, 2.45) is 0 Å². The first-order chi connectivity index (χ1) is 11.0. The number of anilines is 1. The van der Waals surface area contributed by atoms with Crippen molar-refractivity contribution < 1.29 is 9.59 Å². The number of halogens is 1. The van der Waals surface area contributed by atoms with Crippen molar-refractivity contribution >= 4 is 40.3 Å². The van der Waals surface area contributed by atoms with E-state index < -0.39 is 0 Å². The number of ketones is 1. The summed E-state index contributed by atoms with van der Waals surface area (Å²) >= 11 is 7.04. The average molecular weight is 351 g/mol. The van der Waals surface area contributed by atoms with Crippen LogP contribution in [0.3, 0.4) is 0 Å². The van der Waals surface area contributed by atoms with Crippen LogP contribution in [-0.2, 0) is 11.3 Å². The summed E-state index contributed by atoms with van der Waals surface area (Å²) in [5, 5.41) is 2.84. The van der Waals surface area contributed by atoms with E-state index in [-0.39, 0.29) is 24.5 Å². The highest BCUT2D eigenvalue weighted by atomic mass is 35.5. The molecule has 0 aliphatic rings. The number of nitrogens with zero attached hydrogens (tertiary/aromatic N) is 1. The highest BCUT2D eigenvalue weighted by molar-refractivity contribution is 7.18. The highest BCUT2D eigenvalue weighted by Gasteiger charge is 2.11. The third kappa shape index (κ3) is 5.37. The Morgan fingerprint density at radius 2 is 1.96 bits per heavy atom. The summed E-state index contributed by atoms with van der Waals surface area (Å²) in [5.41, 5.74) is 2.11. The minimum atomic E-state index is -0.128. The molecule has 0 aliphatic heterocycles. The van der Waals surface area contributed by atoms with Crippen LogP contribution < -0.4 is 10.2 Å². The van der Waals surface area contributed by atoms with Crippen molar-refractivity contribution in [2.45, 2.75) is 19.4 Å². The van der Waals surface area contributed by atoms with Gasteiger partial charge in [0.25, 0.3) is 0 Å². The molecule has 6 heteroatoms. The first-order valence-corrected chi connectivity index (χ1v) is 8.46. The third-order valence-corrected chi connectivity index (χ3v) is 4.62. The van der Waals surface area contributed by atoms with Crippen LogP contribution in [0.15, 0.2) is 36.4 Å². The van der Waals surface area contributed by atoms with Crippen molar-refractivity contribution in [3.8, 4) is 0 Å². The third-order valence-electron chi connectivity index (χ3n) is 3.34. The molecule has 4 nitrogen and oxygen atoms in total. The molecule has 0 radical (unpaired) electrons. The number of benzene rings is 1. The second-order valence-electron chi connectivity index (χ2n) is 5.37. The molecule has 0 aliphatic carbocycles. The average Bonchev–Trinajstić information content (AvgIpc) is 2.97. The van der Waals surface area contributed by atoms with Crippen LogP contribution in [0.4, 0.5) is 5.69 Å². The highest BCUT2D eigenvalue weighted by Crippen LogP contribution is 2.22. The van der Waals surface area contributed by atoms with E-state index in [1.165, 1.54) is 11.3 Å². The molecular weight excluding hydrogens is 332 g/mol. The molecule has 0 saturated carbocycles. The summed E-state index contributed by atoms with van der Waals surface area (Å²) in [6, 6.07) is 11.3. The fourth-order valence-corrected chi connectivity index (χ4v) is 3.06. The predicted molar refractivity (Wildman–Crippen MR) is 95.5 cm³/mol. The normalized spacial score (nSPS) is 10.4. The molecule has 122 valence electrons. The predicted octanol–water partition coefficient (Wildman–Crippen LogP) is 3.75. The molecule has 1 heterocycles. The smallest absolute Gasteiger partial charge is 0.220 e. The second kappa shape index (κ2) is 8.13. The van der Waals surface area contributed by atoms with Crippen LogP contribution in [0.1, 0.15) is 28.1 Å². The van der Waals surface area contributed by atoms with Crippen LogP contribution in [0, 0.1) is 0 Å². The molecule has 1 amide bonds. The Kier molecular flexibility index (Phi) is 6.19. The molecule has 0 bridgehead atoms. The zero-order valence-corrected chi connectivity index (χ0v) is 14.7. The Bertz CT molecular complexity index is 697. The monoisotopic (exact) mass is 350 g/mol. The van der Waals surface area contributed by atoms with E-state index in [2.05, 4.69) is 5.32 Å². The van der Waals surface area contributed by atoms with Gasteiger partial charge in [-0.3, -0.25) is 9.59 Å². The number of Topliss-reactive ketones (excluding diaryl/α,β-unsaturated/α-hetero) is 1. The lowest BCUT2D eigenvalue weighted by Gasteiger charge is -2.13. The van der Waals surface area contributed by atoms with E-state index in [9.17, 15) is 9.59 Å². The van der Waals surface area contributed by atoms with E-state index in [1.807, 2.05) is 43.3 Å². The zero-order chi connectivity index (χ0) is 16.8. The van der Waals surface area contributed by atoms with Gasteiger partial charge < -0.3 is 10.2 Å². The number of amides is 1. The van der Waals surface area contributed by atoms with Crippen LogP contribution in [-0.4, -0.2) is 25.8 Å². The van der Waals surface area contributed by atoms with Gasteiger partial charge in [-0.15, -0.1) is 11.3 Å². The molecule has 2 rings (SSSR count). The molecule has 0 unspecified atom stereocenters. The van der Waals surface area contributed by atoms with Crippen LogP contribution in [0.5, 0.6) is 0 Å². The van der Waals surface area contributed by atoms with Gasteiger partial charge in [-0.1, -0.05) is 23.7 Å². The Hall–Kier alpha value is -1.85. The Balaban J connectivity index is 1.79. The van der Waals surface area contributed by atoms with Gasteiger partial charge in [0, 0.05) is 39.2 Å². The fraction of sp³-hybridized carbons (Fsp3) is 0.294. The fourth-order valence-electron chi connectivity index (χ4n) is 2.05. The summed E-state index contributed by atoms with van der Waals surface area (Å²) in [5.74, 6) is -0.178. The molecular formula is C17H19ClN2O2S. The molecule has 1 aromatic heterocycles. The van der Waals surface area contributed by atoms with E-state index in [0.29, 0.717) is 15.8 Å². The van der Waals surface area contributed by atoms with E-state index in [1.54, 1.807) is 12.1 Å². The van der Waals surface area contributed by atoms with Crippen molar-refractivity contribution in [1.82, 2.24) is 5.32 Å². The zero-order valence-electron chi connectivity index (χ0n) is 13.1. The second-order valence-corrected chi connectivity index (χ2v) is 7.08. The SMILES string of the molecule is CN(C)c1cccc(CNC(=O)CCC(=O)c2ccc(Cl)s2)c1. The Labute approximate surface area is 145 Å². The molecule has 1 N–H and O–H groups in total. The molecule has 0 spiro atoms. The van der Waals surface area contributed by atoms with Gasteiger partial charge in [0.1, 0.15) is 0 Å². The van der Waals surface area contributed by atoms with Gasteiger partial charge in [0.2, 0.25) is 5.91 Å². The first kappa shape index (κ1) is 17.5. The maximum atomic E-state index is 11.9. The summed E-state index contributed by atoms with van der Waals surface area (Å²) in [7, 11) is 3.94. The van der Waals surface area contributed by atoms with Gasteiger partial charge in [-0.05, 0) is 29.8 Å². The standard InChI is InChI=1S/C17H19ClN2O2S/c1-20(2)13-5-3-4-12(10-13)11-19-17(22)9-6-14(21)15-7-8-16(18)23-15/h3-5,7-8,10H,6,9,11H2,1-2H3,(H,19,22). The molecule has 0 saturated heterocycles. The van der Waals surface area contributed by atoms with Crippen molar-refractivity contribution in [1.29, 1.82) is 0 Å². The summed E-state index contributed by atoms with van der Waals surface area (Å²) in [6.07, 6.45) is 0.377. The molecule has 0 atom stereocenters. The minimum absolute atomic E-state index is 0.0494. The number of nitrogens with one attached hydrogen (secondary N) is 1. The Morgan fingerprint density at radius 3 is 2.61 bits per heavy atom. The molecule has 2 aromatic rings. The first-order valence-electron chi connectivity index (χ1n) is 7.27. The van der Waals surface area contributed by atoms with Crippen molar-refractivity contribution in [2.75, 3.05) is 19.0 Å². The van der Waals surface area contributed by atoms with Gasteiger partial charge in [0.05, 0.1) is 9.21 Å². The van der Waals surface area contributed by atoms with E-state index in [0.717, 1.165) is 11.3 Å². The van der Waals surface area contributed by atoms with Gasteiger partial charge in [-0.2, -0.15) is 0 Å². The van der Waals surface area contributed by atoms with Crippen LogP contribution in [0.25, 0.3) is 0 Å². The Morgan fingerprint density at radius 1 is 1.17 bits per heavy atom. The van der Waals surface area contributed by atoms with E-state index in [4.69, 9.17) is 11.6 Å². The van der Waals surface area contributed by atoms with Gasteiger partial charge >= 0.3 is 0 Å². The quantitative estimate of drug-likeness (QED) is 0.774. The number of carbonyl (C=O) groups is 2. The maximum Gasteiger partial charge on any atom is 0.220 e. The number of carbonyl (C=O) groups excluding carboxylic acids is 2. The summed E-state index contributed by atoms with van der Waals surface area (Å²) in [6.45, 7) is 0.458. The van der Waals surface area contributed by atoms with Crippen molar-refractivity contribution in [3.63, 3.8) is 0 Å².